The van der Waals surface area contributed by atoms with Gasteiger partial charge in [-0.15, -0.1) is 0 Å². The molecule has 3 nitrogen and oxygen atoms in total. The second-order valence-electron chi connectivity index (χ2n) is 5.40. The number of benzene rings is 1. The molecular weight excluding hydrogens is 274 g/mol. The molecule has 0 radical (unpaired) electrons. The van der Waals surface area contributed by atoms with E-state index in [4.69, 9.17) is 20.8 Å². The van der Waals surface area contributed by atoms with E-state index >= 15 is 0 Å². The van der Waals surface area contributed by atoms with E-state index in [1.807, 2.05) is 25.2 Å². The summed E-state index contributed by atoms with van der Waals surface area (Å²) in [4.78, 5) is 0. The smallest absolute Gasteiger partial charge is 0.134 e. The number of furan rings is 1. The van der Waals surface area contributed by atoms with Crippen molar-refractivity contribution in [2.24, 2.45) is 0 Å². The Morgan fingerprint density at radius 1 is 1.35 bits per heavy atom. The molecule has 1 aromatic heterocycles. The van der Waals surface area contributed by atoms with Gasteiger partial charge in [-0.25, -0.2) is 0 Å². The number of hydrogen-bond acceptors (Lipinski definition) is 3. The van der Waals surface area contributed by atoms with Crippen molar-refractivity contribution in [3.05, 3.63) is 35.0 Å². The Hall–Kier alpha value is -1.03. The second-order valence-corrected chi connectivity index (χ2v) is 5.83. The highest BCUT2D eigenvalue weighted by molar-refractivity contribution is 6.31. The number of rotatable bonds is 4. The zero-order valence-corrected chi connectivity index (χ0v) is 12.5. The van der Waals surface area contributed by atoms with E-state index in [9.17, 15) is 0 Å². The quantitative estimate of drug-likeness (QED) is 0.912. The zero-order chi connectivity index (χ0) is 13.9. The number of ether oxygens (including phenoxy) is 1. The zero-order valence-electron chi connectivity index (χ0n) is 11.7. The lowest BCUT2D eigenvalue weighted by atomic mass is 10.0. The Morgan fingerprint density at radius 3 is 3.00 bits per heavy atom. The number of hydrogen-bond donors (Lipinski definition) is 1. The van der Waals surface area contributed by atoms with Gasteiger partial charge in [-0.2, -0.15) is 0 Å². The first-order valence-corrected chi connectivity index (χ1v) is 7.62. The molecule has 4 heteroatoms. The van der Waals surface area contributed by atoms with Crippen LogP contribution in [-0.4, -0.2) is 19.8 Å². The first-order valence-electron chi connectivity index (χ1n) is 7.24. The Balaban J connectivity index is 1.79. The van der Waals surface area contributed by atoms with Gasteiger partial charge in [0, 0.05) is 17.0 Å². The highest BCUT2D eigenvalue weighted by Gasteiger charge is 2.22. The molecule has 2 atom stereocenters. The molecule has 3 rings (SSSR count). The standard InChI is InChI=1S/C16H20ClNO2/c1-18-14(10-13-4-2-3-7-19-13)16-9-11-8-12(17)5-6-15(11)20-16/h5-6,8-9,13-14,18H,2-4,7,10H2,1H3. The first-order chi connectivity index (χ1) is 9.76. The van der Waals surface area contributed by atoms with E-state index in [0.29, 0.717) is 6.10 Å². The summed E-state index contributed by atoms with van der Waals surface area (Å²) in [6.45, 7) is 0.886. The molecule has 2 unspecified atom stereocenters. The van der Waals surface area contributed by atoms with E-state index in [2.05, 4.69) is 11.4 Å². The third kappa shape index (κ3) is 3.00. The maximum absolute atomic E-state index is 6.02. The van der Waals surface area contributed by atoms with Crippen molar-refractivity contribution < 1.29 is 9.15 Å². The molecule has 20 heavy (non-hydrogen) atoms. The number of halogens is 1. The topological polar surface area (TPSA) is 34.4 Å². The summed E-state index contributed by atoms with van der Waals surface area (Å²) in [6.07, 6.45) is 4.87. The monoisotopic (exact) mass is 293 g/mol. The van der Waals surface area contributed by atoms with Crippen molar-refractivity contribution in [1.82, 2.24) is 5.32 Å². The van der Waals surface area contributed by atoms with Crippen LogP contribution in [0.1, 0.15) is 37.5 Å². The predicted octanol–water partition coefficient (Wildman–Crippen LogP) is 4.31. The molecule has 0 amide bonds. The second kappa shape index (κ2) is 6.17. The molecular formula is C16H20ClNO2. The summed E-state index contributed by atoms with van der Waals surface area (Å²) < 4.78 is 11.8. The number of fused-ring (bicyclic) bond motifs is 1. The van der Waals surface area contributed by atoms with E-state index in [-0.39, 0.29) is 6.04 Å². The summed E-state index contributed by atoms with van der Waals surface area (Å²) in [5.74, 6) is 0.957. The predicted molar refractivity (Wildman–Crippen MR) is 81.2 cm³/mol. The Labute approximate surface area is 124 Å². The van der Waals surface area contributed by atoms with Crippen LogP contribution in [0.15, 0.2) is 28.7 Å². The molecule has 1 fully saturated rings. The largest absolute Gasteiger partial charge is 0.459 e. The fourth-order valence-corrected chi connectivity index (χ4v) is 3.02. The Kier molecular flexibility index (Phi) is 4.29. The first kappa shape index (κ1) is 13.9. The SMILES string of the molecule is CNC(CC1CCCCO1)c1cc2cc(Cl)ccc2o1. The van der Waals surface area contributed by atoms with Crippen LogP contribution in [0.2, 0.25) is 5.02 Å². The lowest BCUT2D eigenvalue weighted by Gasteiger charge is -2.25. The van der Waals surface area contributed by atoms with Gasteiger partial charge >= 0.3 is 0 Å². The van der Waals surface area contributed by atoms with Crippen molar-refractivity contribution in [1.29, 1.82) is 0 Å². The third-order valence-corrected chi connectivity index (χ3v) is 4.20. The van der Waals surface area contributed by atoms with Gasteiger partial charge in [0.25, 0.3) is 0 Å². The molecule has 1 aromatic carbocycles. The van der Waals surface area contributed by atoms with Crippen molar-refractivity contribution >= 4 is 22.6 Å². The number of nitrogens with one attached hydrogen (secondary N) is 1. The van der Waals surface area contributed by atoms with Crippen molar-refractivity contribution in [3.63, 3.8) is 0 Å². The average Bonchev–Trinajstić information content (AvgIpc) is 2.88. The minimum atomic E-state index is 0.185. The lowest BCUT2D eigenvalue weighted by molar-refractivity contribution is 0.00430. The van der Waals surface area contributed by atoms with Crippen LogP contribution >= 0.6 is 11.6 Å². The molecule has 1 saturated heterocycles. The summed E-state index contributed by atoms with van der Waals surface area (Å²) in [5.41, 5.74) is 0.884. The van der Waals surface area contributed by atoms with Crippen LogP contribution in [0.5, 0.6) is 0 Å². The maximum atomic E-state index is 6.02. The Bertz CT molecular complexity index is 575. The maximum Gasteiger partial charge on any atom is 0.134 e. The van der Waals surface area contributed by atoms with Crippen LogP contribution in [0, 0.1) is 0 Å². The minimum absolute atomic E-state index is 0.185. The summed E-state index contributed by atoms with van der Waals surface area (Å²) >= 11 is 6.02. The van der Waals surface area contributed by atoms with Crippen LogP contribution in [0.4, 0.5) is 0 Å². The fourth-order valence-electron chi connectivity index (χ4n) is 2.84. The van der Waals surface area contributed by atoms with Crippen molar-refractivity contribution in [2.45, 2.75) is 37.8 Å². The molecule has 2 heterocycles. The highest BCUT2D eigenvalue weighted by Crippen LogP contribution is 2.30. The van der Waals surface area contributed by atoms with Crippen LogP contribution in [0.3, 0.4) is 0 Å². The third-order valence-electron chi connectivity index (χ3n) is 3.96. The fraction of sp³-hybridized carbons (Fsp3) is 0.500. The Morgan fingerprint density at radius 2 is 2.25 bits per heavy atom. The van der Waals surface area contributed by atoms with Gasteiger partial charge < -0.3 is 14.5 Å². The molecule has 0 saturated carbocycles. The molecule has 108 valence electrons. The van der Waals surface area contributed by atoms with Gasteiger partial charge in [0.15, 0.2) is 0 Å². The van der Waals surface area contributed by atoms with Crippen LogP contribution in [-0.2, 0) is 4.74 Å². The van der Waals surface area contributed by atoms with Gasteiger partial charge in [0.2, 0.25) is 0 Å². The molecule has 1 aliphatic rings. The minimum Gasteiger partial charge on any atom is -0.459 e. The van der Waals surface area contributed by atoms with Gasteiger partial charge in [0.05, 0.1) is 12.1 Å². The molecule has 0 aliphatic carbocycles. The van der Waals surface area contributed by atoms with Crippen LogP contribution in [0.25, 0.3) is 11.0 Å². The van der Waals surface area contributed by atoms with Gasteiger partial charge in [-0.05, 0) is 57.0 Å². The van der Waals surface area contributed by atoms with Crippen molar-refractivity contribution in [2.75, 3.05) is 13.7 Å². The normalized spacial score (nSPS) is 21.2. The van der Waals surface area contributed by atoms with E-state index < -0.39 is 0 Å². The van der Waals surface area contributed by atoms with E-state index in [1.165, 1.54) is 12.8 Å². The van der Waals surface area contributed by atoms with E-state index in [1.54, 1.807) is 0 Å². The molecule has 1 aliphatic heterocycles. The van der Waals surface area contributed by atoms with Gasteiger partial charge in [-0.1, -0.05) is 11.6 Å². The lowest BCUT2D eigenvalue weighted by Crippen LogP contribution is -2.26. The van der Waals surface area contributed by atoms with E-state index in [0.717, 1.165) is 41.2 Å². The summed E-state index contributed by atoms with van der Waals surface area (Å²) in [5, 5.41) is 5.13. The molecule has 2 aromatic rings. The van der Waals surface area contributed by atoms with Gasteiger partial charge in [-0.3, -0.25) is 0 Å². The van der Waals surface area contributed by atoms with Crippen LogP contribution < -0.4 is 5.32 Å². The summed E-state index contributed by atoms with van der Waals surface area (Å²) in [7, 11) is 1.97. The highest BCUT2D eigenvalue weighted by atomic mass is 35.5. The molecule has 1 N–H and O–H groups in total. The molecule has 0 bridgehead atoms. The summed E-state index contributed by atoms with van der Waals surface area (Å²) in [6, 6.07) is 7.98. The van der Waals surface area contributed by atoms with Crippen molar-refractivity contribution in [3.8, 4) is 0 Å². The average molecular weight is 294 g/mol. The van der Waals surface area contributed by atoms with Gasteiger partial charge in [0.1, 0.15) is 11.3 Å². The molecule has 0 spiro atoms.